The molecule has 1 aliphatic heterocycles. The summed E-state index contributed by atoms with van der Waals surface area (Å²) in [6.45, 7) is 3.81. The van der Waals surface area contributed by atoms with Crippen LogP contribution in [0.3, 0.4) is 0 Å². The highest BCUT2D eigenvalue weighted by Gasteiger charge is 2.45. The molecule has 0 fully saturated rings. The smallest absolute Gasteiger partial charge is 0.296 e. The Bertz CT molecular complexity index is 1520. The highest BCUT2D eigenvalue weighted by Crippen LogP contribution is 2.46. The first-order valence-electron chi connectivity index (χ1n) is 11.0. The second kappa shape index (κ2) is 8.47. The third-order valence-electron chi connectivity index (χ3n) is 6.18. The van der Waals surface area contributed by atoms with Crippen molar-refractivity contribution in [3.63, 3.8) is 0 Å². The molecule has 5 rings (SSSR count). The zero-order valence-electron chi connectivity index (χ0n) is 20.0. The van der Waals surface area contributed by atoms with Gasteiger partial charge in [0.25, 0.3) is 5.91 Å². The molecule has 1 atom stereocenters. The van der Waals surface area contributed by atoms with E-state index < -0.39 is 11.9 Å². The first-order chi connectivity index (χ1) is 16.9. The average Bonchev–Trinajstić information content (AvgIpc) is 3.16. The number of amides is 1. The third kappa shape index (κ3) is 3.49. The van der Waals surface area contributed by atoms with E-state index in [0.29, 0.717) is 39.6 Å². The van der Waals surface area contributed by atoms with E-state index in [0.717, 1.165) is 11.1 Å². The Morgan fingerprint density at radius 1 is 0.886 bits per heavy atom. The quantitative estimate of drug-likeness (QED) is 0.420. The number of methoxy groups -OCH3 is 3. The lowest BCUT2D eigenvalue weighted by atomic mass is 9.97. The van der Waals surface area contributed by atoms with Crippen LogP contribution < -0.4 is 24.5 Å². The van der Waals surface area contributed by atoms with E-state index in [1.807, 2.05) is 26.0 Å². The number of hydrogen-bond acceptors (Lipinski definition) is 7. The predicted molar refractivity (Wildman–Crippen MR) is 131 cm³/mol. The number of ether oxygens (including phenoxy) is 3. The Kier molecular flexibility index (Phi) is 5.43. The summed E-state index contributed by atoms with van der Waals surface area (Å²) in [6.07, 6.45) is 1.63. The zero-order chi connectivity index (χ0) is 24.9. The van der Waals surface area contributed by atoms with E-state index in [9.17, 15) is 9.59 Å². The van der Waals surface area contributed by atoms with E-state index >= 15 is 0 Å². The van der Waals surface area contributed by atoms with Crippen LogP contribution in [0.2, 0.25) is 0 Å². The SMILES string of the molecule is COc1cc(C2c3c(oc4ccc(C)cc4c3=O)C(=O)N2c2cc(C)ccn2)cc(OC)c1OC. The van der Waals surface area contributed by atoms with Crippen molar-refractivity contribution in [1.82, 2.24) is 4.98 Å². The second-order valence-electron chi connectivity index (χ2n) is 8.40. The predicted octanol–water partition coefficient (Wildman–Crippen LogP) is 4.58. The fraction of sp³-hybridized carbons (Fsp3) is 0.222. The number of rotatable bonds is 5. The Hall–Kier alpha value is -4.33. The summed E-state index contributed by atoms with van der Waals surface area (Å²) in [6, 6.07) is 11.6. The molecule has 0 aliphatic carbocycles. The summed E-state index contributed by atoms with van der Waals surface area (Å²) in [7, 11) is 4.54. The zero-order valence-corrected chi connectivity index (χ0v) is 20.0. The van der Waals surface area contributed by atoms with Crippen molar-refractivity contribution in [2.45, 2.75) is 19.9 Å². The maximum Gasteiger partial charge on any atom is 0.296 e. The van der Waals surface area contributed by atoms with Crippen LogP contribution in [0.4, 0.5) is 5.82 Å². The first-order valence-corrected chi connectivity index (χ1v) is 11.0. The number of fused-ring (bicyclic) bond motifs is 2. The minimum absolute atomic E-state index is 0.00610. The molecule has 0 saturated heterocycles. The Morgan fingerprint density at radius 2 is 1.57 bits per heavy atom. The van der Waals surface area contributed by atoms with E-state index in [1.54, 1.807) is 36.5 Å². The van der Waals surface area contributed by atoms with E-state index in [1.165, 1.54) is 26.2 Å². The van der Waals surface area contributed by atoms with Gasteiger partial charge in [0.1, 0.15) is 11.4 Å². The molecule has 8 heteroatoms. The molecule has 0 bridgehead atoms. The van der Waals surface area contributed by atoms with Gasteiger partial charge in [-0.15, -0.1) is 0 Å². The topological polar surface area (TPSA) is 91.1 Å². The molecular formula is C27H24N2O6. The van der Waals surface area contributed by atoms with Crippen molar-refractivity contribution in [2.75, 3.05) is 26.2 Å². The van der Waals surface area contributed by atoms with Gasteiger partial charge < -0.3 is 18.6 Å². The number of nitrogens with zero attached hydrogens (tertiary/aromatic N) is 2. The molecule has 0 spiro atoms. The largest absolute Gasteiger partial charge is 0.493 e. The van der Waals surface area contributed by atoms with E-state index in [-0.39, 0.29) is 16.8 Å². The monoisotopic (exact) mass is 472 g/mol. The normalized spacial score (nSPS) is 14.8. The van der Waals surface area contributed by atoms with Crippen LogP contribution in [-0.4, -0.2) is 32.2 Å². The Morgan fingerprint density at radius 3 is 2.20 bits per heavy atom. The lowest BCUT2D eigenvalue weighted by molar-refractivity contribution is 0.0970. The molecule has 1 amide bonds. The van der Waals surface area contributed by atoms with E-state index in [2.05, 4.69) is 4.98 Å². The standard InChI is InChI=1S/C27H24N2O6/c1-14-6-7-18-17(10-14)24(30)22-23(16-12-19(32-3)25(34-5)20(13-16)33-4)29(27(31)26(22)35-18)21-11-15(2)8-9-28-21/h6-13,23H,1-5H3. The molecule has 178 valence electrons. The van der Waals surface area contributed by atoms with Crippen molar-refractivity contribution in [3.05, 3.63) is 86.9 Å². The van der Waals surface area contributed by atoms with Crippen LogP contribution in [0.25, 0.3) is 11.0 Å². The van der Waals surface area contributed by atoms with Crippen molar-refractivity contribution >= 4 is 22.7 Å². The highest BCUT2D eigenvalue weighted by molar-refractivity contribution is 6.10. The summed E-state index contributed by atoms with van der Waals surface area (Å²) in [5.74, 6) is 1.16. The van der Waals surface area contributed by atoms with Crippen LogP contribution in [-0.2, 0) is 0 Å². The number of benzene rings is 2. The van der Waals surface area contributed by atoms with Crippen molar-refractivity contribution in [2.24, 2.45) is 0 Å². The summed E-state index contributed by atoms with van der Waals surface area (Å²) in [4.78, 5) is 33.5. The maximum absolute atomic E-state index is 13.8. The number of carbonyl (C=O) groups excluding carboxylic acids is 1. The second-order valence-corrected chi connectivity index (χ2v) is 8.40. The molecule has 35 heavy (non-hydrogen) atoms. The van der Waals surface area contributed by atoms with Crippen LogP contribution >= 0.6 is 0 Å². The number of hydrogen-bond donors (Lipinski definition) is 0. The molecule has 1 unspecified atom stereocenters. The van der Waals surface area contributed by atoms with Gasteiger partial charge in [0.15, 0.2) is 16.9 Å². The van der Waals surface area contributed by atoms with Gasteiger partial charge in [0.2, 0.25) is 11.5 Å². The number of pyridine rings is 1. The number of aromatic nitrogens is 1. The summed E-state index contributed by atoms with van der Waals surface area (Å²) < 4.78 is 22.6. The molecule has 2 aromatic carbocycles. The Labute approximate surface area is 201 Å². The molecule has 0 saturated carbocycles. The first kappa shape index (κ1) is 22.5. The lowest BCUT2D eigenvalue weighted by Gasteiger charge is -2.25. The minimum atomic E-state index is -0.818. The van der Waals surface area contributed by atoms with Gasteiger partial charge in [-0.25, -0.2) is 4.98 Å². The van der Waals surface area contributed by atoms with Crippen LogP contribution in [0.5, 0.6) is 17.2 Å². The van der Waals surface area contributed by atoms with Crippen molar-refractivity contribution in [3.8, 4) is 17.2 Å². The molecular weight excluding hydrogens is 448 g/mol. The molecule has 2 aromatic heterocycles. The molecule has 1 aliphatic rings. The van der Waals surface area contributed by atoms with Gasteiger partial charge >= 0.3 is 0 Å². The lowest BCUT2D eigenvalue weighted by Crippen LogP contribution is -2.30. The highest BCUT2D eigenvalue weighted by atomic mass is 16.5. The number of carbonyl (C=O) groups is 1. The molecule has 0 radical (unpaired) electrons. The summed E-state index contributed by atoms with van der Waals surface area (Å²) >= 11 is 0. The molecule has 8 nitrogen and oxygen atoms in total. The summed E-state index contributed by atoms with van der Waals surface area (Å²) in [5, 5.41) is 0.410. The fourth-order valence-electron chi connectivity index (χ4n) is 4.55. The van der Waals surface area contributed by atoms with Crippen LogP contribution in [0.15, 0.2) is 57.9 Å². The van der Waals surface area contributed by atoms with E-state index in [4.69, 9.17) is 18.6 Å². The molecule has 4 aromatic rings. The number of anilines is 1. The van der Waals surface area contributed by atoms with Gasteiger partial charge in [0, 0.05) is 6.20 Å². The van der Waals surface area contributed by atoms with Gasteiger partial charge in [0.05, 0.1) is 38.3 Å². The van der Waals surface area contributed by atoms with Crippen LogP contribution in [0, 0.1) is 13.8 Å². The summed E-state index contributed by atoms with van der Waals surface area (Å²) in [5.41, 5.74) is 2.75. The van der Waals surface area contributed by atoms with Gasteiger partial charge in [-0.3, -0.25) is 14.5 Å². The van der Waals surface area contributed by atoms with Crippen molar-refractivity contribution < 1.29 is 23.4 Å². The molecule has 0 N–H and O–H groups in total. The Balaban J connectivity index is 1.85. The van der Waals surface area contributed by atoms with Gasteiger partial charge in [-0.1, -0.05) is 11.6 Å². The minimum Gasteiger partial charge on any atom is -0.493 e. The van der Waals surface area contributed by atoms with Gasteiger partial charge in [-0.2, -0.15) is 0 Å². The maximum atomic E-state index is 13.8. The third-order valence-corrected chi connectivity index (χ3v) is 6.18. The van der Waals surface area contributed by atoms with Gasteiger partial charge in [-0.05, 0) is 61.4 Å². The number of aryl methyl sites for hydroxylation is 2. The van der Waals surface area contributed by atoms with Crippen LogP contribution in [0.1, 0.15) is 38.9 Å². The average molecular weight is 472 g/mol. The van der Waals surface area contributed by atoms with Crippen molar-refractivity contribution in [1.29, 1.82) is 0 Å². The fourth-order valence-corrected chi connectivity index (χ4v) is 4.55. The molecule has 3 heterocycles.